The van der Waals surface area contributed by atoms with Crippen LogP contribution in [0.25, 0.3) is 0 Å². The van der Waals surface area contributed by atoms with Gasteiger partial charge in [-0.25, -0.2) is 0 Å². The zero-order chi connectivity index (χ0) is 16.3. The van der Waals surface area contributed by atoms with Crippen LogP contribution < -0.4 is 23.8 Å². The first kappa shape index (κ1) is 18.4. The molecule has 0 aliphatic carbocycles. The van der Waals surface area contributed by atoms with Crippen molar-refractivity contribution in [1.29, 1.82) is 0 Å². The molecule has 0 aliphatic heterocycles. The topological polar surface area (TPSA) is 3.24 Å². The van der Waals surface area contributed by atoms with Crippen LogP contribution in [0.4, 0.5) is 17.1 Å². The number of anilines is 3. The molecule has 0 saturated carbocycles. The van der Waals surface area contributed by atoms with Gasteiger partial charge in [0, 0.05) is 11.4 Å². The molecule has 0 amide bonds. The van der Waals surface area contributed by atoms with E-state index in [0.717, 1.165) is 17.1 Å². The van der Waals surface area contributed by atoms with Crippen molar-refractivity contribution in [1.82, 2.24) is 0 Å². The predicted octanol–water partition coefficient (Wildman–Crippen LogP) is 3.26. The number of rotatable bonds is 3. The maximum atomic E-state index is 3.61. The first-order valence-electron chi connectivity index (χ1n) is 7.99. The van der Waals surface area contributed by atoms with Crippen LogP contribution in [-0.2, 0) is 5.41 Å². The molecule has 0 aromatic heterocycles. The third-order valence-corrected chi connectivity index (χ3v) is 3.86. The Morgan fingerprint density at radius 3 is 1.62 bits per heavy atom. The van der Waals surface area contributed by atoms with Crippen LogP contribution in [0.15, 0.2) is 78.9 Å². The van der Waals surface area contributed by atoms with Gasteiger partial charge in [0.25, 0.3) is 0 Å². The molecular formula is C22H22LiN. The number of hydrogen-bond acceptors (Lipinski definition) is 1. The van der Waals surface area contributed by atoms with Gasteiger partial charge in [0.15, 0.2) is 0 Å². The van der Waals surface area contributed by atoms with Crippen molar-refractivity contribution in [2.75, 3.05) is 4.90 Å². The first-order valence-corrected chi connectivity index (χ1v) is 7.99. The second kappa shape index (κ2) is 7.75. The molecule has 116 valence electrons. The van der Waals surface area contributed by atoms with E-state index in [1.165, 1.54) is 5.56 Å². The van der Waals surface area contributed by atoms with E-state index in [0.29, 0.717) is 0 Å². The summed E-state index contributed by atoms with van der Waals surface area (Å²) in [5.41, 5.74) is 4.64. The SMILES string of the molecule is CC(C)(C)c1[c-]c(N(c2ccccc2)c2ccccc2)ccc1.[Li+]. The summed E-state index contributed by atoms with van der Waals surface area (Å²) in [5.74, 6) is 0. The Bertz CT molecular complexity index is 721. The van der Waals surface area contributed by atoms with Crippen LogP contribution in [0.2, 0.25) is 0 Å². The number of benzene rings is 3. The molecule has 0 N–H and O–H groups in total. The van der Waals surface area contributed by atoms with Crippen molar-refractivity contribution in [3.05, 3.63) is 90.5 Å². The number of hydrogen-bond donors (Lipinski definition) is 0. The Balaban J connectivity index is 0.00000208. The van der Waals surface area contributed by atoms with Crippen molar-refractivity contribution < 1.29 is 18.9 Å². The Kier molecular flexibility index (Phi) is 5.94. The zero-order valence-corrected chi connectivity index (χ0v) is 15.0. The molecule has 0 saturated heterocycles. The van der Waals surface area contributed by atoms with Crippen molar-refractivity contribution in [3.63, 3.8) is 0 Å². The molecule has 0 unspecified atom stereocenters. The fraction of sp³-hybridized carbons (Fsp3) is 0.182. The second-order valence-corrected chi connectivity index (χ2v) is 6.71. The summed E-state index contributed by atoms with van der Waals surface area (Å²) in [6, 6.07) is 30.9. The van der Waals surface area contributed by atoms with E-state index in [4.69, 9.17) is 0 Å². The molecule has 0 heterocycles. The van der Waals surface area contributed by atoms with Gasteiger partial charge in [0.05, 0.1) is 0 Å². The minimum atomic E-state index is 0. The largest absolute Gasteiger partial charge is 1.00 e. The molecule has 3 aromatic carbocycles. The van der Waals surface area contributed by atoms with E-state index in [2.05, 4.69) is 98.5 Å². The molecule has 0 atom stereocenters. The van der Waals surface area contributed by atoms with Gasteiger partial charge in [-0.1, -0.05) is 62.9 Å². The Hall–Kier alpha value is -1.94. The molecule has 0 fully saturated rings. The van der Waals surface area contributed by atoms with Crippen molar-refractivity contribution in [3.8, 4) is 0 Å². The van der Waals surface area contributed by atoms with Crippen LogP contribution in [-0.4, -0.2) is 0 Å². The van der Waals surface area contributed by atoms with Gasteiger partial charge in [-0.05, 0) is 29.7 Å². The van der Waals surface area contributed by atoms with Crippen LogP contribution >= 0.6 is 0 Å². The predicted molar refractivity (Wildman–Crippen MR) is 98.7 cm³/mol. The van der Waals surface area contributed by atoms with Crippen molar-refractivity contribution in [2.45, 2.75) is 26.2 Å². The molecule has 0 aliphatic rings. The van der Waals surface area contributed by atoms with Crippen molar-refractivity contribution >= 4 is 17.1 Å². The summed E-state index contributed by atoms with van der Waals surface area (Å²) in [6.07, 6.45) is 0. The summed E-state index contributed by atoms with van der Waals surface area (Å²) in [7, 11) is 0. The minimum Gasteiger partial charge on any atom is -0.334 e. The molecule has 0 bridgehead atoms. The van der Waals surface area contributed by atoms with Gasteiger partial charge in [-0.3, -0.25) is 0 Å². The molecule has 3 aromatic rings. The van der Waals surface area contributed by atoms with E-state index in [1.807, 2.05) is 12.1 Å². The normalized spacial score (nSPS) is 10.8. The average molecular weight is 307 g/mol. The fourth-order valence-electron chi connectivity index (χ4n) is 2.61. The summed E-state index contributed by atoms with van der Waals surface area (Å²) in [5, 5.41) is 0. The van der Waals surface area contributed by atoms with Gasteiger partial charge < -0.3 is 4.90 Å². The van der Waals surface area contributed by atoms with Gasteiger partial charge >= 0.3 is 18.9 Å². The number of para-hydroxylation sites is 2. The summed E-state index contributed by atoms with van der Waals surface area (Å²) in [6.45, 7) is 6.66. The van der Waals surface area contributed by atoms with E-state index in [9.17, 15) is 0 Å². The molecule has 0 spiro atoms. The molecule has 24 heavy (non-hydrogen) atoms. The summed E-state index contributed by atoms with van der Waals surface area (Å²) in [4.78, 5) is 2.25. The van der Waals surface area contributed by atoms with Gasteiger partial charge in [-0.15, -0.1) is 6.07 Å². The van der Waals surface area contributed by atoms with Crippen molar-refractivity contribution in [2.24, 2.45) is 0 Å². The molecule has 3 rings (SSSR count). The van der Waals surface area contributed by atoms with Crippen LogP contribution in [0.5, 0.6) is 0 Å². The van der Waals surface area contributed by atoms with E-state index in [-0.39, 0.29) is 24.3 Å². The van der Waals surface area contributed by atoms with Crippen LogP contribution in [0.3, 0.4) is 0 Å². The summed E-state index contributed by atoms with van der Waals surface area (Å²) < 4.78 is 0. The third kappa shape index (κ3) is 4.12. The Morgan fingerprint density at radius 2 is 1.17 bits per heavy atom. The average Bonchev–Trinajstić information content (AvgIpc) is 2.57. The smallest absolute Gasteiger partial charge is 0.334 e. The van der Waals surface area contributed by atoms with Crippen LogP contribution in [0, 0.1) is 6.07 Å². The second-order valence-electron chi connectivity index (χ2n) is 6.71. The Morgan fingerprint density at radius 1 is 0.667 bits per heavy atom. The van der Waals surface area contributed by atoms with Gasteiger partial charge in [0.1, 0.15) is 0 Å². The van der Waals surface area contributed by atoms with Gasteiger partial charge in [-0.2, -0.15) is 23.8 Å². The third-order valence-electron chi connectivity index (χ3n) is 3.86. The minimum absolute atomic E-state index is 0. The number of nitrogens with zero attached hydrogens (tertiary/aromatic N) is 1. The van der Waals surface area contributed by atoms with E-state index >= 15 is 0 Å². The maximum Gasteiger partial charge on any atom is 1.00 e. The fourth-order valence-corrected chi connectivity index (χ4v) is 2.61. The van der Waals surface area contributed by atoms with Crippen LogP contribution in [0.1, 0.15) is 26.3 Å². The maximum absolute atomic E-state index is 3.61. The molecule has 1 nitrogen and oxygen atoms in total. The zero-order valence-electron chi connectivity index (χ0n) is 15.0. The molecule has 0 radical (unpaired) electrons. The standard InChI is InChI=1S/C22H22N.Li/c1-22(2,3)18-11-10-16-21(17-18)23(19-12-6-4-7-13-19)20-14-8-5-9-15-20;/h4-16H,1-3H3;/q-1;+1. The van der Waals surface area contributed by atoms with Gasteiger partial charge in [0.2, 0.25) is 0 Å². The van der Waals surface area contributed by atoms with E-state index < -0.39 is 0 Å². The molecule has 2 heteroatoms. The summed E-state index contributed by atoms with van der Waals surface area (Å²) >= 11 is 0. The monoisotopic (exact) mass is 307 g/mol. The first-order chi connectivity index (χ1) is 11.1. The quantitative estimate of drug-likeness (QED) is 0.530. The Labute approximate surface area is 157 Å². The van der Waals surface area contributed by atoms with E-state index in [1.54, 1.807) is 0 Å². The molecular weight excluding hydrogens is 285 g/mol.